The Labute approximate surface area is 112 Å². The second kappa shape index (κ2) is 6.12. The van der Waals surface area contributed by atoms with E-state index in [0.29, 0.717) is 0 Å². The van der Waals surface area contributed by atoms with Gasteiger partial charge in [0.25, 0.3) is 0 Å². The van der Waals surface area contributed by atoms with Crippen LogP contribution in [0.5, 0.6) is 0 Å². The summed E-state index contributed by atoms with van der Waals surface area (Å²) in [7, 11) is -4.07. The SMILES string of the molecule is O=C(OS(=O)(=O)NC1CCCCC1)c1ccccn1. The summed E-state index contributed by atoms with van der Waals surface area (Å²) in [4.78, 5) is 15.3. The van der Waals surface area contributed by atoms with Crippen LogP contribution in [0.2, 0.25) is 0 Å². The molecule has 0 bridgehead atoms. The van der Waals surface area contributed by atoms with Gasteiger partial charge in [0.1, 0.15) is 5.69 Å². The lowest BCUT2D eigenvalue weighted by Crippen LogP contribution is -2.38. The van der Waals surface area contributed by atoms with Gasteiger partial charge >= 0.3 is 16.3 Å². The third kappa shape index (κ3) is 4.29. The summed E-state index contributed by atoms with van der Waals surface area (Å²) in [6, 6.07) is 4.48. The van der Waals surface area contributed by atoms with Gasteiger partial charge < -0.3 is 4.18 Å². The molecule has 2 rings (SSSR count). The summed E-state index contributed by atoms with van der Waals surface area (Å²) in [5.41, 5.74) is -0.0310. The minimum absolute atomic E-state index is 0.0310. The zero-order valence-electron chi connectivity index (χ0n) is 10.4. The molecule has 0 amide bonds. The van der Waals surface area contributed by atoms with Crippen molar-refractivity contribution >= 4 is 16.3 Å². The van der Waals surface area contributed by atoms with Crippen LogP contribution in [-0.2, 0) is 14.5 Å². The molecule has 0 aliphatic heterocycles. The van der Waals surface area contributed by atoms with Gasteiger partial charge in [-0.15, -0.1) is 0 Å². The molecule has 6 nitrogen and oxygen atoms in total. The number of hydrogen-bond donors (Lipinski definition) is 1. The Morgan fingerprint density at radius 3 is 2.63 bits per heavy atom. The summed E-state index contributed by atoms with van der Waals surface area (Å²) >= 11 is 0. The first kappa shape index (κ1) is 14.0. The Balaban J connectivity index is 1.95. The number of nitrogens with zero attached hydrogens (tertiary/aromatic N) is 1. The second-order valence-electron chi connectivity index (χ2n) is 4.49. The number of rotatable bonds is 4. The van der Waals surface area contributed by atoms with Crippen molar-refractivity contribution in [2.75, 3.05) is 0 Å². The molecule has 1 aliphatic rings. The third-order valence-electron chi connectivity index (χ3n) is 2.98. The molecule has 1 aromatic heterocycles. The minimum Gasteiger partial charge on any atom is -0.328 e. The lowest BCUT2D eigenvalue weighted by molar-refractivity contribution is 0.0736. The molecule has 7 heteroatoms. The van der Waals surface area contributed by atoms with Gasteiger partial charge in [0.2, 0.25) is 0 Å². The first-order chi connectivity index (χ1) is 9.07. The highest BCUT2D eigenvalue weighted by Crippen LogP contribution is 2.18. The maximum absolute atomic E-state index is 11.7. The highest BCUT2D eigenvalue weighted by Gasteiger charge is 2.24. The number of pyridine rings is 1. The van der Waals surface area contributed by atoms with Crippen molar-refractivity contribution in [3.8, 4) is 0 Å². The smallest absolute Gasteiger partial charge is 0.328 e. The molecule has 1 saturated carbocycles. The molecular weight excluding hydrogens is 268 g/mol. The minimum atomic E-state index is -4.07. The van der Waals surface area contributed by atoms with Gasteiger partial charge in [0, 0.05) is 12.2 Å². The number of carbonyl (C=O) groups is 1. The van der Waals surface area contributed by atoms with E-state index in [1.54, 1.807) is 12.1 Å². The van der Waals surface area contributed by atoms with Crippen molar-refractivity contribution < 1.29 is 17.4 Å². The van der Waals surface area contributed by atoms with Gasteiger partial charge in [-0.25, -0.2) is 9.78 Å². The van der Waals surface area contributed by atoms with Crippen LogP contribution in [0.25, 0.3) is 0 Å². The number of aromatic nitrogens is 1. The fourth-order valence-corrected chi connectivity index (χ4v) is 3.05. The van der Waals surface area contributed by atoms with E-state index in [9.17, 15) is 13.2 Å². The third-order valence-corrected chi connectivity index (χ3v) is 3.97. The molecule has 0 unspecified atom stereocenters. The zero-order chi connectivity index (χ0) is 13.7. The van der Waals surface area contributed by atoms with Crippen LogP contribution in [0.1, 0.15) is 42.6 Å². The van der Waals surface area contributed by atoms with Crippen molar-refractivity contribution in [3.63, 3.8) is 0 Å². The van der Waals surface area contributed by atoms with Crippen LogP contribution in [-0.4, -0.2) is 25.4 Å². The van der Waals surface area contributed by atoms with Crippen LogP contribution in [0.15, 0.2) is 24.4 Å². The largest absolute Gasteiger partial charge is 0.385 e. The summed E-state index contributed by atoms with van der Waals surface area (Å²) in [5.74, 6) is -0.969. The van der Waals surface area contributed by atoms with Crippen LogP contribution in [0, 0.1) is 0 Å². The topological polar surface area (TPSA) is 85.4 Å². The molecule has 1 N–H and O–H groups in total. The van der Waals surface area contributed by atoms with Crippen molar-refractivity contribution in [2.45, 2.75) is 38.1 Å². The monoisotopic (exact) mass is 284 g/mol. The summed E-state index contributed by atoms with van der Waals surface area (Å²) in [6.07, 6.45) is 6.05. The summed E-state index contributed by atoms with van der Waals surface area (Å²) < 4.78 is 30.3. The van der Waals surface area contributed by atoms with Gasteiger partial charge in [-0.05, 0) is 25.0 Å². The highest BCUT2D eigenvalue weighted by molar-refractivity contribution is 7.85. The van der Waals surface area contributed by atoms with Crippen molar-refractivity contribution in [1.29, 1.82) is 0 Å². The Morgan fingerprint density at radius 2 is 2.00 bits per heavy atom. The Kier molecular flexibility index (Phi) is 4.49. The molecule has 1 aromatic rings. The van der Waals surface area contributed by atoms with Gasteiger partial charge in [-0.1, -0.05) is 25.3 Å². The predicted octanol–water partition coefficient (Wildman–Crippen LogP) is 1.41. The molecule has 0 saturated heterocycles. The molecule has 0 spiro atoms. The van der Waals surface area contributed by atoms with E-state index >= 15 is 0 Å². The first-order valence-electron chi connectivity index (χ1n) is 6.24. The molecule has 19 heavy (non-hydrogen) atoms. The number of carbonyl (C=O) groups excluding carboxylic acids is 1. The van der Waals surface area contributed by atoms with E-state index in [-0.39, 0.29) is 11.7 Å². The summed E-state index contributed by atoms with van der Waals surface area (Å²) in [5, 5.41) is 0. The van der Waals surface area contributed by atoms with Gasteiger partial charge in [0.05, 0.1) is 0 Å². The lowest BCUT2D eigenvalue weighted by Gasteiger charge is -2.21. The Hall–Kier alpha value is -1.47. The Bertz CT molecular complexity index is 524. The van der Waals surface area contributed by atoms with Gasteiger partial charge in [0.15, 0.2) is 0 Å². The average molecular weight is 284 g/mol. The average Bonchev–Trinajstić information content (AvgIpc) is 2.39. The van der Waals surface area contributed by atoms with Crippen LogP contribution < -0.4 is 4.72 Å². The van der Waals surface area contributed by atoms with Crippen LogP contribution in [0.4, 0.5) is 0 Å². The molecule has 0 atom stereocenters. The maximum Gasteiger partial charge on any atom is 0.385 e. The molecular formula is C12H16N2O4S. The van der Waals surface area contributed by atoms with Crippen molar-refractivity contribution in [3.05, 3.63) is 30.1 Å². The normalized spacial score (nSPS) is 17.1. The number of hydrogen-bond acceptors (Lipinski definition) is 5. The standard InChI is InChI=1S/C12H16N2O4S/c15-12(11-8-4-5-9-13-11)18-19(16,17)14-10-6-2-1-3-7-10/h4-5,8-10,14H,1-3,6-7H2. The highest BCUT2D eigenvalue weighted by atomic mass is 32.2. The first-order valence-corrected chi connectivity index (χ1v) is 7.65. The Morgan fingerprint density at radius 1 is 1.26 bits per heavy atom. The van der Waals surface area contributed by atoms with E-state index in [2.05, 4.69) is 13.9 Å². The molecule has 1 aliphatic carbocycles. The zero-order valence-corrected chi connectivity index (χ0v) is 11.2. The quantitative estimate of drug-likeness (QED) is 0.903. The summed E-state index contributed by atoms with van der Waals surface area (Å²) in [6.45, 7) is 0. The van der Waals surface area contributed by atoms with E-state index in [1.165, 1.54) is 12.3 Å². The van der Waals surface area contributed by atoms with Crippen molar-refractivity contribution in [2.24, 2.45) is 0 Å². The maximum atomic E-state index is 11.7. The van der Waals surface area contributed by atoms with Crippen molar-refractivity contribution in [1.82, 2.24) is 9.71 Å². The molecule has 1 heterocycles. The molecule has 1 fully saturated rings. The van der Waals surface area contributed by atoms with E-state index in [0.717, 1.165) is 32.1 Å². The van der Waals surface area contributed by atoms with E-state index in [1.807, 2.05) is 0 Å². The van der Waals surface area contributed by atoms with Crippen LogP contribution in [0.3, 0.4) is 0 Å². The fraction of sp³-hybridized carbons (Fsp3) is 0.500. The van der Waals surface area contributed by atoms with E-state index < -0.39 is 16.3 Å². The van der Waals surface area contributed by atoms with Crippen LogP contribution >= 0.6 is 0 Å². The van der Waals surface area contributed by atoms with E-state index in [4.69, 9.17) is 0 Å². The number of nitrogens with one attached hydrogen (secondary N) is 1. The van der Waals surface area contributed by atoms with Gasteiger partial charge in [-0.3, -0.25) is 0 Å². The fourth-order valence-electron chi connectivity index (χ4n) is 2.07. The second-order valence-corrected chi connectivity index (χ2v) is 5.80. The lowest BCUT2D eigenvalue weighted by atomic mass is 9.96. The molecule has 104 valence electrons. The molecule has 0 aromatic carbocycles. The molecule has 0 radical (unpaired) electrons. The van der Waals surface area contributed by atoms with Gasteiger partial charge in [-0.2, -0.15) is 13.1 Å². The predicted molar refractivity (Wildman–Crippen MR) is 68.6 cm³/mol.